The SMILES string of the molecule is Cc1c[nH]c(=O)c2c(C(=O)N3CC4CC4(CC#N)C3)c[nH]c12. The second-order valence-corrected chi connectivity index (χ2v) is 6.54. The number of likely N-dealkylation sites (tertiary alicyclic amines) is 1. The summed E-state index contributed by atoms with van der Waals surface area (Å²) in [7, 11) is 0. The molecule has 4 rings (SSSR count). The quantitative estimate of drug-likeness (QED) is 0.880. The number of aromatic amines is 2. The van der Waals surface area contributed by atoms with Gasteiger partial charge in [0.25, 0.3) is 11.5 Å². The molecule has 1 amide bonds. The van der Waals surface area contributed by atoms with Crippen molar-refractivity contribution in [2.45, 2.75) is 19.8 Å². The van der Waals surface area contributed by atoms with Crippen LogP contribution in [0.1, 0.15) is 28.8 Å². The molecule has 6 nitrogen and oxygen atoms in total. The van der Waals surface area contributed by atoms with Gasteiger partial charge in [0.05, 0.1) is 22.5 Å². The van der Waals surface area contributed by atoms with E-state index in [2.05, 4.69) is 16.0 Å². The number of aromatic nitrogens is 2. The van der Waals surface area contributed by atoms with Gasteiger partial charge in [-0.15, -0.1) is 0 Å². The number of aryl methyl sites for hydroxylation is 1. The molecule has 2 aromatic heterocycles. The van der Waals surface area contributed by atoms with Gasteiger partial charge in [-0.05, 0) is 24.8 Å². The Kier molecular flexibility index (Phi) is 2.52. The van der Waals surface area contributed by atoms with E-state index in [0.717, 1.165) is 12.0 Å². The zero-order chi connectivity index (χ0) is 15.5. The predicted molar refractivity (Wildman–Crippen MR) is 80.3 cm³/mol. The lowest BCUT2D eigenvalue weighted by molar-refractivity contribution is 0.0767. The summed E-state index contributed by atoms with van der Waals surface area (Å²) in [4.78, 5) is 32.3. The van der Waals surface area contributed by atoms with E-state index in [4.69, 9.17) is 5.26 Å². The highest BCUT2D eigenvalue weighted by Crippen LogP contribution is 2.60. The Morgan fingerprint density at radius 1 is 1.50 bits per heavy atom. The van der Waals surface area contributed by atoms with E-state index in [1.165, 1.54) is 0 Å². The lowest BCUT2D eigenvalue weighted by Gasteiger charge is -2.19. The van der Waals surface area contributed by atoms with Crippen LogP contribution in [0.5, 0.6) is 0 Å². The van der Waals surface area contributed by atoms with Crippen LogP contribution in [-0.4, -0.2) is 33.9 Å². The molecular weight excluding hydrogens is 280 g/mol. The summed E-state index contributed by atoms with van der Waals surface area (Å²) in [6.45, 7) is 3.20. The second-order valence-electron chi connectivity index (χ2n) is 6.54. The number of carbonyl (C=O) groups excluding carboxylic acids is 1. The first-order chi connectivity index (χ1) is 10.6. The van der Waals surface area contributed by atoms with Gasteiger partial charge < -0.3 is 14.9 Å². The summed E-state index contributed by atoms with van der Waals surface area (Å²) >= 11 is 0. The van der Waals surface area contributed by atoms with E-state index in [1.807, 2.05) is 6.92 Å². The molecule has 0 spiro atoms. The summed E-state index contributed by atoms with van der Waals surface area (Å²) in [6, 6.07) is 2.23. The third kappa shape index (κ3) is 1.65. The minimum atomic E-state index is -0.249. The molecule has 112 valence electrons. The normalized spacial score (nSPS) is 26.0. The first-order valence-electron chi connectivity index (χ1n) is 7.41. The van der Waals surface area contributed by atoms with Gasteiger partial charge in [0.2, 0.25) is 0 Å². The third-order valence-electron chi connectivity index (χ3n) is 5.18. The number of nitrogens with zero attached hydrogens (tertiary/aromatic N) is 2. The van der Waals surface area contributed by atoms with E-state index in [-0.39, 0.29) is 16.9 Å². The lowest BCUT2D eigenvalue weighted by Crippen LogP contribution is -2.32. The third-order valence-corrected chi connectivity index (χ3v) is 5.18. The van der Waals surface area contributed by atoms with Crippen LogP contribution in [0.3, 0.4) is 0 Å². The first kappa shape index (κ1) is 13.1. The molecule has 2 fully saturated rings. The Morgan fingerprint density at radius 2 is 2.32 bits per heavy atom. The number of piperidine rings is 1. The van der Waals surface area contributed by atoms with Crippen LogP contribution in [0.15, 0.2) is 17.2 Å². The number of carbonyl (C=O) groups is 1. The molecule has 0 aromatic carbocycles. The smallest absolute Gasteiger partial charge is 0.258 e. The molecular formula is C16H16N4O2. The number of H-pyrrole nitrogens is 2. The molecule has 3 heterocycles. The van der Waals surface area contributed by atoms with Crippen molar-refractivity contribution in [3.05, 3.63) is 33.9 Å². The number of hydrogen-bond acceptors (Lipinski definition) is 3. The molecule has 1 saturated heterocycles. The lowest BCUT2D eigenvalue weighted by atomic mass is 10.0. The minimum absolute atomic E-state index is 0.0128. The maximum absolute atomic E-state index is 12.8. The Hall–Kier alpha value is -2.55. The number of nitrogens with one attached hydrogen (secondary N) is 2. The van der Waals surface area contributed by atoms with Crippen molar-refractivity contribution in [2.75, 3.05) is 13.1 Å². The highest BCUT2D eigenvalue weighted by molar-refractivity contribution is 6.07. The summed E-state index contributed by atoms with van der Waals surface area (Å²) in [5.41, 5.74) is 1.80. The average Bonchev–Trinajstić information content (AvgIpc) is 2.90. The van der Waals surface area contributed by atoms with Crippen molar-refractivity contribution in [1.29, 1.82) is 5.26 Å². The largest absolute Gasteiger partial charge is 0.360 e. The topological polar surface area (TPSA) is 92.8 Å². The zero-order valence-corrected chi connectivity index (χ0v) is 12.3. The number of hydrogen-bond donors (Lipinski definition) is 2. The Balaban J connectivity index is 1.69. The number of nitriles is 1. The van der Waals surface area contributed by atoms with Crippen LogP contribution in [0.25, 0.3) is 10.9 Å². The summed E-state index contributed by atoms with van der Waals surface area (Å²) in [6.07, 6.45) is 4.81. The average molecular weight is 296 g/mol. The van der Waals surface area contributed by atoms with Crippen LogP contribution >= 0.6 is 0 Å². The number of pyridine rings is 1. The van der Waals surface area contributed by atoms with Gasteiger partial charge in [0.15, 0.2) is 0 Å². The van der Waals surface area contributed by atoms with Crippen molar-refractivity contribution in [2.24, 2.45) is 11.3 Å². The summed E-state index contributed by atoms with van der Waals surface area (Å²) in [5.74, 6) is 0.327. The Morgan fingerprint density at radius 3 is 3.09 bits per heavy atom. The predicted octanol–water partition coefficient (Wildman–Crippen LogP) is 1.54. The van der Waals surface area contributed by atoms with E-state index < -0.39 is 0 Å². The van der Waals surface area contributed by atoms with E-state index in [0.29, 0.717) is 41.9 Å². The van der Waals surface area contributed by atoms with Gasteiger partial charge in [-0.1, -0.05) is 0 Å². The Labute approximate surface area is 126 Å². The fourth-order valence-corrected chi connectivity index (χ4v) is 3.81. The first-order valence-corrected chi connectivity index (χ1v) is 7.41. The van der Waals surface area contributed by atoms with Gasteiger partial charge >= 0.3 is 0 Å². The molecule has 2 atom stereocenters. The van der Waals surface area contributed by atoms with Crippen LogP contribution in [-0.2, 0) is 0 Å². The van der Waals surface area contributed by atoms with E-state index in [9.17, 15) is 9.59 Å². The molecule has 2 aromatic rings. The summed E-state index contributed by atoms with van der Waals surface area (Å²) in [5, 5.41) is 9.36. The van der Waals surface area contributed by atoms with Gasteiger partial charge in [0.1, 0.15) is 0 Å². The van der Waals surface area contributed by atoms with Crippen LogP contribution < -0.4 is 5.56 Å². The number of amides is 1. The molecule has 2 unspecified atom stereocenters. The fraction of sp³-hybridized carbons (Fsp3) is 0.438. The molecule has 22 heavy (non-hydrogen) atoms. The molecule has 1 aliphatic heterocycles. The fourth-order valence-electron chi connectivity index (χ4n) is 3.81. The maximum Gasteiger partial charge on any atom is 0.258 e. The molecule has 0 bridgehead atoms. The van der Waals surface area contributed by atoms with Crippen molar-refractivity contribution < 1.29 is 4.79 Å². The zero-order valence-electron chi connectivity index (χ0n) is 12.3. The van der Waals surface area contributed by atoms with Crippen molar-refractivity contribution in [3.63, 3.8) is 0 Å². The monoisotopic (exact) mass is 296 g/mol. The highest BCUT2D eigenvalue weighted by atomic mass is 16.2. The van der Waals surface area contributed by atoms with Gasteiger partial charge in [-0.2, -0.15) is 5.26 Å². The van der Waals surface area contributed by atoms with Gasteiger partial charge in [0, 0.05) is 37.3 Å². The molecule has 2 aliphatic rings. The second kappa shape index (κ2) is 4.23. The molecule has 6 heteroatoms. The van der Waals surface area contributed by atoms with Crippen LogP contribution in [0.4, 0.5) is 0 Å². The van der Waals surface area contributed by atoms with Crippen molar-refractivity contribution in [1.82, 2.24) is 14.9 Å². The number of rotatable bonds is 2. The van der Waals surface area contributed by atoms with Gasteiger partial charge in [-0.3, -0.25) is 9.59 Å². The van der Waals surface area contributed by atoms with Crippen LogP contribution in [0.2, 0.25) is 0 Å². The molecule has 0 radical (unpaired) electrons. The Bertz CT molecular complexity index is 888. The van der Waals surface area contributed by atoms with Crippen molar-refractivity contribution in [3.8, 4) is 6.07 Å². The molecule has 2 N–H and O–H groups in total. The van der Waals surface area contributed by atoms with Crippen molar-refractivity contribution >= 4 is 16.8 Å². The minimum Gasteiger partial charge on any atom is -0.360 e. The molecule has 1 saturated carbocycles. The maximum atomic E-state index is 12.8. The highest BCUT2D eigenvalue weighted by Gasteiger charge is 2.60. The van der Waals surface area contributed by atoms with Crippen LogP contribution in [0, 0.1) is 29.6 Å². The summed E-state index contributed by atoms with van der Waals surface area (Å²) < 4.78 is 0. The van der Waals surface area contributed by atoms with E-state index in [1.54, 1.807) is 17.3 Å². The molecule has 1 aliphatic carbocycles. The van der Waals surface area contributed by atoms with E-state index >= 15 is 0 Å². The standard InChI is InChI=1S/C16H16N4O2/c1-9-5-19-14(21)12-11(6-18-13(9)12)15(22)20-7-10-4-16(10,8-20)2-3-17/h5-6,10,18H,2,4,7-8H2,1H3,(H,19,21). The van der Waals surface area contributed by atoms with Gasteiger partial charge in [-0.25, -0.2) is 0 Å². The number of fused-ring (bicyclic) bond motifs is 2.